The fourth-order valence-electron chi connectivity index (χ4n) is 2.21. The van der Waals surface area contributed by atoms with Crippen molar-refractivity contribution in [3.63, 3.8) is 0 Å². The van der Waals surface area contributed by atoms with Crippen LogP contribution in [0, 0.1) is 13.8 Å². The molecule has 2 aromatic rings. The van der Waals surface area contributed by atoms with Crippen LogP contribution in [0.5, 0.6) is 11.5 Å². The first-order valence-electron chi connectivity index (χ1n) is 7.20. The fourth-order valence-corrected chi connectivity index (χ4v) is 3.12. The number of alkyl halides is 2. The van der Waals surface area contributed by atoms with Gasteiger partial charge in [0, 0.05) is 5.02 Å². The largest absolute Gasteiger partial charge is 0.483 e. The van der Waals surface area contributed by atoms with E-state index in [-0.39, 0.29) is 27.5 Å². The number of hydrogen-bond donors (Lipinski definition) is 1. The Labute approximate surface area is 157 Å². The van der Waals surface area contributed by atoms with Gasteiger partial charge in [0.25, 0.3) is 5.91 Å². The summed E-state index contributed by atoms with van der Waals surface area (Å²) in [6.07, 6.45) is 0. The molecule has 0 saturated carbocycles. The highest BCUT2D eigenvalue weighted by atomic mass is 79.9. The van der Waals surface area contributed by atoms with E-state index in [1.54, 1.807) is 0 Å². The summed E-state index contributed by atoms with van der Waals surface area (Å²) in [7, 11) is 0. The van der Waals surface area contributed by atoms with Gasteiger partial charge < -0.3 is 14.8 Å². The van der Waals surface area contributed by atoms with Crippen molar-refractivity contribution < 1.29 is 23.0 Å². The van der Waals surface area contributed by atoms with Crippen molar-refractivity contribution in [3.8, 4) is 11.5 Å². The molecule has 25 heavy (non-hydrogen) atoms. The highest BCUT2D eigenvalue weighted by molar-refractivity contribution is 9.10. The molecular weight excluding hydrogens is 420 g/mol. The van der Waals surface area contributed by atoms with Crippen molar-refractivity contribution in [2.24, 2.45) is 0 Å². The maximum atomic E-state index is 12.6. The van der Waals surface area contributed by atoms with Crippen molar-refractivity contribution in [1.82, 2.24) is 0 Å². The number of benzene rings is 2. The molecule has 0 bridgehead atoms. The van der Waals surface area contributed by atoms with E-state index >= 15 is 0 Å². The Hall–Kier alpha value is -1.86. The van der Waals surface area contributed by atoms with Crippen LogP contribution < -0.4 is 14.8 Å². The zero-order valence-electron chi connectivity index (χ0n) is 13.4. The first-order chi connectivity index (χ1) is 11.8. The highest BCUT2D eigenvalue weighted by Gasteiger charge is 2.17. The average molecular weight is 435 g/mol. The SMILES string of the molecule is Cc1cccc(C)c1OCC(=O)Nc1cc(Cl)cc(Br)c1OC(F)F. The van der Waals surface area contributed by atoms with Crippen molar-refractivity contribution in [2.75, 3.05) is 11.9 Å². The normalized spacial score (nSPS) is 10.7. The number of carbonyl (C=O) groups is 1. The molecule has 0 fully saturated rings. The first kappa shape index (κ1) is 19.5. The number of aryl methyl sites for hydroxylation is 2. The van der Waals surface area contributed by atoms with Gasteiger partial charge >= 0.3 is 6.61 Å². The summed E-state index contributed by atoms with van der Waals surface area (Å²) in [6.45, 7) is 0.398. The second-order valence-electron chi connectivity index (χ2n) is 5.20. The van der Waals surface area contributed by atoms with Crippen LogP contribution in [0.4, 0.5) is 14.5 Å². The number of hydrogen-bond acceptors (Lipinski definition) is 3. The van der Waals surface area contributed by atoms with Gasteiger partial charge in [-0.15, -0.1) is 0 Å². The van der Waals surface area contributed by atoms with Crippen LogP contribution >= 0.6 is 27.5 Å². The molecule has 0 heterocycles. The van der Waals surface area contributed by atoms with Gasteiger partial charge in [-0.3, -0.25) is 4.79 Å². The third kappa shape index (κ3) is 5.31. The van der Waals surface area contributed by atoms with Crippen LogP contribution in [0.15, 0.2) is 34.8 Å². The molecule has 8 heteroatoms. The van der Waals surface area contributed by atoms with Gasteiger partial charge in [-0.2, -0.15) is 8.78 Å². The quantitative estimate of drug-likeness (QED) is 0.668. The summed E-state index contributed by atoms with van der Waals surface area (Å²) >= 11 is 8.99. The van der Waals surface area contributed by atoms with Gasteiger partial charge in [0.05, 0.1) is 10.2 Å². The molecule has 0 aliphatic carbocycles. The zero-order valence-corrected chi connectivity index (χ0v) is 15.7. The van der Waals surface area contributed by atoms with Crippen molar-refractivity contribution in [3.05, 3.63) is 51.0 Å². The van der Waals surface area contributed by atoms with Gasteiger partial charge in [-0.1, -0.05) is 29.8 Å². The van der Waals surface area contributed by atoms with Crippen LogP contribution in [0.25, 0.3) is 0 Å². The predicted molar refractivity (Wildman–Crippen MR) is 95.8 cm³/mol. The van der Waals surface area contributed by atoms with Gasteiger partial charge in [-0.25, -0.2) is 0 Å². The number of halogens is 4. The van der Waals surface area contributed by atoms with Gasteiger partial charge in [0.2, 0.25) is 0 Å². The lowest BCUT2D eigenvalue weighted by Crippen LogP contribution is -2.21. The number of para-hydroxylation sites is 1. The molecule has 0 aromatic heterocycles. The molecule has 0 atom stereocenters. The summed E-state index contributed by atoms with van der Waals surface area (Å²) in [6, 6.07) is 8.32. The highest BCUT2D eigenvalue weighted by Crippen LogP contribution is 2.37. The average Bonchev–Trinajstić information content (AvgIpc) is 2.50. The molecule has 1 N–H and O–H groups in total. The van der Waals surface area contributed by atoms with Gasteiger partial charge in [0.15, 0.2) is 12.4 Å². The van der Waals surface area contributed by atoms with E-state index in [0.29, 0.717) is 5.75 Å². The topological polar surface area (TPSA) is 47.6 Å². The monoisotopic (exact) mass is 433 g/mol. The lowest BCUT2D eigenvalue weighted by Gasteiger charge is -2.15. The number of carbonyl (C=O) groups excluding carboxylic acids is 1. The number of anilines is 1. The Morgan fingerprint density at radius 1 is 1.24 bits per heavy atom. The Morgan fingerprint density at radius 3 is 2.48 bits per heavy atom. The lowest BCUT2D eigenvalue weighted by molar-refractivity contribution is -0.118. The number of rotatable bonds is 6. The first-order valence-corrected chi connectivity index (χ1v) is 8.37. The maximum absolute atomic E-state index is 12.6. The van der Waals surface area contributed by atoms with E-state index in [1.807, 2.05) is 32.0 Å². The van der Waals surface area contributed by atoms with Crippen LogP contribution in [-0.2, 0) is 4.79 Å². The molecule has 2 aromatic carbocycles. The molecule has 0 aliphatic heterocycles. The maximum Gasteiger partial charge on any atom is 0.387 e. The van der Waals surface area contributed by atoms with Crippen LogP contribution in [-0.4, -0.2) is 19.1 Å². The second kappa shape index (κ2) is 8.49. The van der Waals surface area contributed by atoms with Crippen molar-refractivity contribution in [2.45, 2.75) is 20.5 Å². The fraction of sp³-hybridized carbons (Fsp3) is 0.235. The molecule has 0 saturated heterocycles. The minimum atomic E-state index is -3.04. The summed E-state index contributed by atoms with van der Waals surface area (Å²) in [5.41, 5.74) is 1.80. The molecule has 134 valence electrons. The molecule has 1 amide bonds. The Balaban J connectivity index is 2.12. The Bertz CT molecular complexity index is 766. The smallest absolute Gasteiger partial charge is 0.387 e. The van der Waals surface area contributed by atoms with Crippen molar-refractivity contribution in [1.29, 1.82) is 0 Å². The number of amides is 1. The lowest BCUT2D eigenvalue weighted by atomic mass is 10.1. The summed E-state index contributed by atoms with van der Waals surface area (Å²) in [5, 5.41) is 2.72. The van der Waals surface area contributed by atoms with Crippen LogP contribution in [0.1, 0.15) is 11.1 Å². The third-order valence-electron chi connectivity index (χ3n) is 3.25. The minimum Gasteiger partial charge on any atom is -0.483 e. The van der Waals surface area contributed by atoms with Crippen molar-refractivity contribution >= 4 is 39.1 Å². The van der Waals surface area contributed by atoms with E-state index in [4.69, 9.17) is 16.3 Å². The Morgan fingerprint density at radius 2 is 1.88 bits per heavy atom. The standard InChI is InChI=1S/C17H15BrClF2NO3/c1-9-4-3-5-10(2)15(9)24-8-14(23)22-13-7-11(19)6-12(18)16(13)25-17(20)21/h3-7,17H,8H2,1-2H3,(H,22,23). The zero-order chi connectivity index (χ0) is 18.6. The van der Waals surface area contributed by atoms with E-state index in [9.17, 15) is 13.6 Å². The third-order valence-corrected chi connectivity index (χ3v) is 4.05. The number of ether oxygens (including phenoxy) is 2. The van der Waals surface area contributed by atoms with E-state index in [1.165, 1.54) is 12.1 Å². The molecule has 4 nitrogen and oxygen atoms in total. The minimum absolute atomic E-state index is 0.0229. The van der Waals surface area contributed by atoms with E-state index in [0.717, 1.165) is 11.1 Å². The second-order valence-corrected chi connectivity index (χ2v) is 6.49. The van der Waals surface area contributed by atoms with Gasteiger partial charge in [0.1, 0.15) is 5.75 Å². The molecule has 0 unspecified atom stereocenters. The van der Waals surface area contributed by atoms with Crippen LogP contribution in [0.2, 0.25) is 5.02 Å². The van der Waals surface area contributed by atoms with E-state index in [2.05, 4.69) is 26.0 Å². The van der Waals surface area contributed by atoms with Crippen LogP contribution in [0.3, 0.4) is 0 Å². The molecule has 0 radical (unpaired) electrons. The summed E-state index contributed by atoms with van der Waals surface area (Å²) in [5.74, 6) is -0.135. The molecule has 0 aliphatic rings. The summed E-state index contributed by atoms with van der Waals surface area (Å²) in [4.78, 5) is 12.1. The van der Waals surface area contributed by atoms with E-state index < -0.39 is 12.5 Å². The number of nitrogens with one attached hydrogen (secondary N) is 1. The van der Waals surface area contributed by atoms with Gasteiger partial charge in [-0.05, 0) is 53.0 Å². The molecule has 2 rings (SSSR count). The predicted octanol–water partition coefficient (Wildman–Crippen LogP) is 5.34. The Kier molecular flexibility index (Phi) is 6.61. The molecular formula is C17H15BrClF2NO3. The molecule has 0 spiro atoms. The summed E-state index contributed by atoms with van der Waals surface area (Å²) < 4.78 is 35.3.